The van der Waals surface area contributed by atoms with Crippen molar-refractivity contribution in [2.75, 3.05) is 0 Å². The van der Waals surface area contributed by atoms with Gasteiger partial charge in [-0.2, -0.15) is 0 Å². The number of para-hydroxylation sites is 3. The molecule has 0 fully saturated rings. The number of halogens is 2. The van der Waals surface area contributed by atoms with E-state index in [2.05, 4.69) is 9.97 Å². The number of fused-ring (bicyclic) bond motifs is 1. The summed E-state index contributed by atoms with van der Waals surface area (Å²) in [5, 5.41) is 8.63. The molecule has 0 saturated carbocycles. The molecule has 2 N–H and O–H groups in total. The lowest BCUT2D eigenvalue weighted by atomic mass is 10.3. The van der Waals surface area contributed by atoms with Crippen molar-refractivity contribution in [3.8, 4) is 5.75 Å². The van der Waals surface area contributed by atoms with Crippen molar-refractivity contribution in [3.63, 3.8) is 0 Å². The zero-order valence-electron chi connectivity index (χ0n) is 10.6. The summed E-state index contributed by atoms with van der Waals surface area (Å²) in [4.78, 5) is 15.1. The first-order chi connectivity index (χ1) is 8.86. The predicted octanol–water partition coefficient (Wildman–Crippen LogP) is 3.61. The van der Waals surface area contributed by atoms with Crippen LogP contribution in [0.1, 0.15) is 0 Å². The molecule has 0 radical (unpaired) electrons. The molecule has 0 atom stereocenters. The molecule has 1 aromatic heterocycles. The highest BCUT2D eigenvalue weighted by Gasteiger charge is 1.88. The second kappa shape index (κ2) is 12.0. The maximum Gasteiger partial charge on any atom is 0.115 e. The fourth-order valence-corrected chi connectivity index (χ4v) is 1.31. The lowest BCUT2D eigenvalue weighted by Gasteiger charge is -1.82. The zero-order valence-corrected chi connectivity index (χ0v) is 12.2. The number of H-pyrrole nitrogens is 1. The number of carbonyl (C=O) groups excluding carboxylic acids is 1. The average molecular weight is 315 g/mol. The number of aromatic amines is 1. The van der Waals surface area contributed by atoms with E-state index in [0.717, 1.165) is 11.0 Å². The van der Waals surface area contributed by atoms with E-state index in [9.17, 15) is 0 Å². The standard InChI is InChI=1S/C7H6N2.C6H6O.CH2O.2ClH/c1-2-4-7-6(3-1)8-5-9-7;7-6-4-2-1-3-5-6;1-2;;/h1-5H,(H,8,9);1-5,7H;1H2;2*1H. The molecular formula is C14H16Cl2N2O2. The summed E-state index contributed by atoms with van der Waals surface area (Å²) < 4.78 is 0. The summed E-state index contributed by atoms with van der Waals surface area (Å²) in [6, 6.07) is 16.7. The monoisotopic (exact) mass is 314 g/mol. The SMILES string of the molecule is C=O.Cl.Cl.Oc1ccccc1.c1ccc2[nH]cnc2c1. The van der Waals surface area contributed by atoms with Gasteiger partial charge >= 0.3 is 0 Å². The summed E-state index contributed by atoms with van der Waals surface area (Å²) >= 11 is 0. The molecule has 3 aromatic rings. The molecule has 0 aliphatic rings. The molecule has 108 valence electrons. The van der Waals surface area contributed by atoms with Crippen LogP contribution in [-0.4, -0.2) is 21.9 Å². The maximum atomic E-state index is 8.63. The van der Waals surface area contributed by atoms with E-state index < -0.39 is 0 Å². The molecule has 4 nitrogen and oxygen atoms in total. The van der Waals surface area contributed by atoms with Crippen LogP contribution in [0, 0.1) is 0 Å². The predicted molar refractivity (Wildman–Crippen MR) is 85.8 cm³/mol. The Morgan fingerprint density at radius 3 is 1.95 bits per heavy atom. The van der Waals surface area contributed by atoms with Gasteiger partial charge in [0.05, 0.1) is 17.4 Å². The number of imidazole rings is 1. The van der Waals surface area contributed by atoms with Gasteiger partial charge in [-0.15, -0.1) is 24.8 Å². The third-order valence-electron chi connectivity index (χ3n) is 2.08. The summed E-state index contributed by atoms with van der Waals surface area (Å²) in [6.07, 6.45) is 1.70. The largest absolute Gasteiger partial charge is 0.508 e. The van der Waals surface area contributed by atoms with Crippen molar-refractivity contribution in [1.82, 2.24) is 9.97 Å². The van der Waals surface area contributed by atoms with Gasteiger partial charge in [-0.05, 0) is 24.3 Å². The van der Waals surface area contributed by atoms with Crippen LogP contribution in [0.4, 0.5) is 0 Å². The van der Waals surface area contributed by atoms with Crippen LogP contribution in [0.3, 0.4) is 0 Å². The van der Waals surface area contributed by atoms with Crippen molar-refractivity contribution in [1.29, 1.82) is 0 Å². The molecular weight excluding hydrogens is 299 g/mol. The number of nitrogens with one attached hydrogen (secondary N) is 1. The van der Waals surface area contributed by atoms with Crippen LogP contribution in [0.15, 0.2) is 60.9 Å². The van der Waals surface area contributed by atoms with Gasteiger partial charge in [0.25, 0.3) is 0 Å². The molecule has 0 aliphatic carbocycles. The molecule has 0 unspecified atom stereocenters. The third-order valence-corrected chi connectivity index (χ3v) is 2.08. The number of hydrogen-bond acceptors (Lipinski definition) is 3. The van der Waals surface area contributed by atoms with E-state index in [4.69, 9.17) is 9.90 Å². The summed E-state index contributed by atoms with van der Waals surface area (Å²) in [5.74, 6) is 0.322. The molecule has 0 aliphatic heterocycles. The number of nitrogens with zero attached hydrogens (tertiary/aromatic N) is 1. The van der Waals surface area contributed by atoms with Crippen molar-refractivity contribution in [2.24, 2.45) is 0 Å². The normalized spacial score (nSPS) is 7.80. The van der Waals surface area contributed by atoms with Crippen LogP contribution in [0.2, 0.25) is 0 Å². The van der Waals surface area contributed by atoms with Gasteiger partial charge in [0, 0.05) is 0 Å². The number of benzene rings is 2. The van der Waals surface area contributed by atoms with Gasteiger partial charge in [-0.3, -0.25) is 0 Å². The van der Waals surface area contributed by atoms with Crippen molar-refractivity contribution in [2.45, 2.75) is 0 Å². The Kier molecular flexibility index (Phi) is 12.2. The Morgan fingerprint density at radius 2 is 1.45 bits per heavy atom. The van der Waals surface area contributed by atoms with Crippen LogP contribution in [0.25, 0.3) is 11.0 Å². The van der Waals surface area contributed by atoms with E-state index in [1.165, 1.54) is 0 Å². The van der Waals surface area contributed by atoms with Crippen LogP contribution in [-0.2, 0) is 4.79 Å². The van der Waals surface area contributed by atoms with E-state index >= 15 is 0 Å². The number of phenols is 1. The Bertz CT molecular complexity index is 543. The molecule has 0 bridgehead atoms. The van der Waals surface area contributed by atoms with Gasteiger partial charge in [-0.1, -0.05) is 30.3 Å². The fourth-order valence-electron chi connectivity index (χ4n) is 1.31. The molecule has 3 rings (SSSR count). The topological polar surface area (TPSA) is 66.0 Å². The summed E-state index contributed by atoms with van der Waals surface area (Å²) in [6.45, 7) is 2.00. The minimum Gasteiger partial charge on any atom is -0.508 e. The first-order valence-electron chi connectivity index (χ1n) is 5.27. The minimum atomic E-state index is 0. The van der Waals surface area contributed by atoms with Gasteiger partial charge in [0.1, 0.15) is 12.5 Å². The Labute approximate surface area is 129 Å². The van der Waals surface area contributed by atoms with Gasteiger partial charge < -0.3 is 14.9 Å². The first-order valence-corrected chi connectivity index (χ1v) is 5.27. The van der Waals surface area contributed by atoms with Gasteiger partial charge in [0.2, 0.25) is 0 Å². The number of rotatable bonds is 0. The van der Waals surface area contributed by atoms with E-state index in [-0.39, 0.29) is 24.8 Å². The highest BCUT2D eigenvalue weighted by atomic mass is 35.5. The maximum absolute atomic E-state index is 8.63. The number of phenolic OH excluding ortho intramolecular Hbond substituents is 1. The van der Waals surface area contributed by atoms with E-state index in [1.807, 2.05) is 37.1 Å². The number of aromatic hydroxyl groups is 1. The molecule has 0 spiro atoms. The Balaban J connectivity index is 0. The molecule has 2 aromatic carbocycles. The zero-order chi connectivity index (χ0) is 13.2. The molecule has 0 amide bonds. The molecule has 1 heterocycles. The van der Waals surface area contributed by atoms with Crippen LogP contribution in [0.5, 0.6) is 5.75 Å². The van der Waals surface area contributed by atoms with Gasteiger partial charge in [-0.25, -0.2) is 4.98 Å². The Morgan fingerprint density at radius 1 is 0.900 bits per heavy atom. The number of carbonyl (C=O) groups is 1. The van der Waals surface area contributed by atoms with E-state index in [1.54, 1.807) is 30.6 Å². The van der Waals surface area contributed by atoms with Crippen LogP contribution < -0.4 is 0 Å². The smallest absolute Gasteiger partial charge is 0.115 e. The molecule has 0 saturated heterocycles. The van der Waals surface area contributed by atoms with Crippen LogP contribution >= 0.6 is 24.8 Å². The summed E-state index contributed by atoms with van der Waals surface area (Å²) in [7, 11) is 0. The molecule has 6 heteroatoms. The number of aromatic nitrogens is 2. The second-order valence-corrected chi connectivity index (χ2v) is 3.26. The summed E-state index contributed by atoms with van der Waals surface area (Å²) in [5.41, 5.74) is 2.12. The van der Waals surface area contributed by atoms with E-state index in [0.29, 0.717) is 5.75 Å². The third kappa shape index (κ3) is 6.78. The lowest BCUT2D eigenvalue weighted by Crippen LogP contribution is -1.63. The highest BCUT2D eigenvalue weighted by Crippen LogP contribution is 2.05. The highest BCUT2D eigenvalue weighted by molar-refractivity contribution is 5.85. The minimum absolute atomic E-state index is 0. The molecule has 20 heavy (non-hydrogen) atoms. The van der Waals surface area contributed by atoms with Crippen molar-refractivity contribution >= 4 is 42.6 Å². The quantitative estimate of drug-likeness (QED) is 0.666. The van der Waals surface area contributed by atoms with Gasteiger partial charge in [0.15, 0.2) is 0 Å². The van der Waals surface area contributed by atoms with Crippen molar-refractivity contribution < 1.29 is 9.90 Å². The lowest BCUT2D eigenvalue weighted by molar-refractivity contribution is -0.0979. The second-order valence-electron chi connectivity index (χ2n) is 3.26. The van der Waals surface area contributed by atoms with Crippen molar-refractivity contribution in [3.05, 3.63) is 60.9 Å². The fraction of sp³-hybridized carbons (Fsp3) is 0. The number of hydrogen-bond donors (Lipinski definition) is 2. The first kappa shape index (κ1) is 20.3. The average Bonchev–Trinajstić information content (AvgIpc) is 2.91. The Hall–Kier alpha value is -2.04.